The van der Waals surface area contributed by atoms with Crippen molar-refractivity contribution in [3.63, 3.8) is 0 Å². The van der Waals surface area contributed by atoms with Gasteiger partial charge in [-0.3, -0.25) is 4.90 Å². The van der Waals surface area contributed by atoms with Crippen LogP contribution in [0.5, 0.6) is 0 Å². The molecule has 1 heterocycles. The fourth-order valence-corrected chi connectivity index (χ4v) is 1.61. The van der Waals surface area contributed by atoms with E-state index in [1.807, 2.05) is 6.92 Å². The van der Waals surface area contributed by atoms with E-state index in [9.17, 15) is 5.11 Å². The SMILES string of the molecule is CCN1CC=C(CC(C)O)CC1. The monoisotopic (exact) mass is 169 g/mol. The van der Waals surface area contributed by atoms with Crippen molar-refractivity contribution in [2.24, 2.45) is 0 Å². The lowest BCUT2D eigenvalue weighted by molar-refractivity contribution is 0.191. The molecule has 0 bridgehead atoms. The topological polar surface area (TPSA) is 23.5 Å². The maximum absolute atomic E-state index is 9.17. The average Bonchev–Trinajstić information content (AvgIpc) is 2.05. The molecule has 0 spiro atoms. The highest BCUT2D eigenvalue weighted by molar-refractivity contribution is 5.07. The number of aliphatic hydroxyl groups excluding tert-OH is 1. The molecule has 0 aromatic heterocycles. The number of aliphatic hydroxyl groups is 1. The van der Waals surface area contributed by atoms with Gasteiger partial charge in [-0.1, -0.05) is 18.6 Å². The van der Waals surface area contributed by atoms with Gasteiger partial charge >= 0.3 is 0 Å². The molecule has 70 valence electrons. The summed E-state index contributed by atoms with van der Waals surface area (Å²) in [5.41, 5.74) is 1.43. The summed E-state index contributed by atoms with van der Waals surface area (Å²) in [6, 6.07) is 0. The normalized spacial score (nSPS) is 22.1. The van der Waals surface area contributed by atoms with Crippen LogP contribution >= 0.6 is 0 Å². The second-order valence-corrected chi connectivity index (χ2v) is 3.56. The number of likely N-dealkylation sites (N-methyl/N-ethyl adjacent to an activating group) is 1. The average molecular weight is 169 g/mol. The Morgan fingerprint density at radius 1 is 1.67 bits per heavy atom. The highest BCUT2D eigenvalue weighted by atomic mass is 16.3. The van der Waals surface area contributed by atoms with Crippen LogP contribution in [0.1, 0.15) is 26.7 Å². The van der Waals surface area contributed by atoms with E-state index in [-0.39, 0.29) is 6.10 Å². The van der Waals surface area contributed by atoms with E-state index in [1.54, 1.807) is 0 Å². The summed E-state index contributed by atoms with van der Waals surface area (Å²) < 4.78 is 0. The minimum absolute atomic E-state index is 0.176. The molecule has 1 N–H and O–H groups in total. The Balaban J connectivity index is 2.34. The Labute approximate surface area is 74.9 Å². The first-order valence-electron chi connectivity index (χ1n) is 4.80. The molecule has 0 aromatic rings. The molecule has 0 aliphatic carbocycles. The molecule has 0 radical (unpaired) electrons. The predicted octanol–water partition coefficient (Wildman–Crippen LogP) is 1.41. The molecule has 2 heteroatoms. The van der Waals surface area contributed by atoms with E-state index in [4.69, 9.17) is 0 Å². The van der Waals surface area contributed by atoms with Crippen molar-refractivity contribution >= 4 is 0 Å². The van der Waals surface area contributed by atoms with Gasteiger partial charge in [-0.05, 0) is 26.3 Å². The first-order chi connectivity index (χ1) is 5.72. The Morgan fingerprint density at radius 2 is 2.42 bits per heavy atom. The lowest BCUT2D eigenvalue weighted by Gasteiger charge is -2.25. The lowest BCUT2D eigenvalue weighted by Crippen LogP contribution is -2.28. The largest absolute Gasteiger partial charge is 0.393 e. The van der Waals surface area contributed by atoms with Gasteiger partial charge in [0.05, 0.1) is 6.10 Å². The zero-order valence-corrected chi connectivity index (χ0v) is 8.08. The zero-order chi connectivity index (χ0) is 8.97. The van der Waals surface area contributed by atoms with Crippen molar-refractivity contribution in [2.45, 2.75) is 32.8 Å². The maximum atomic E-state index is 9.17. The molecule has 0 amide bonds. The van der Waals surface area contributed by atoms with E-state index in [2.05, 4.69) is 17.9 Å². The Kier molecular flexibility index (Phi) is 3.76. The zero-order valence-electron chi connectivity index (χ0n) is 8.08. The van der Waals surface area contributed by atoms with Crippen molar-refractivity contribution in [2.75, 3.05) is 19.6 Å². The van der Waals surface area contributed by atoms with Gasteiger partial charge in [0.2, 0.25) is 0 Å². The molecule has 2 nitrogen and oxygen atoms in total. The molecule has 1 atom stereocenters. The highest BCUT2D eigenvalue weighted by Gasteiger charge is 2.10. The first-order valence-corrected chi connectivity index (χ1v) is 4.80. The first kappa shape index (κ1) is 9.75. The number of hydrogen-bond acceptors (Lipinski definition) is 2. The molecular weight excluding hydrogens is 150 g/mol. The number of hydrogen-bond donors (Lipinski definition) is 1. The van der Waals surface area contributed by atoms with E-state index in [0.29, 0.717) is 0 Å². The maximum Gasteiger partial charge on any atom is 0.0549 e. The van der Waals surface area contributed by atoms with Crippen molar-refractivity contribution < 1.29 is 5.11 Å². The minimum atomic E-state index is -0.176. The Hall–Kier alpha value is -0.340. The Bertz CT molecular complexity index is 163. The fourth-order valence-electron chi connectivity index (χ4n) is 1.61. The molecule has 12 heavy (non-hydrogen) atoms. The van der Waals surface area contributed by atoms with Crippen molar-refractivity contribution in [1.82, 2.24) is 4.90 Å². The molecule has 0 aromatic carbocycles. The van der Waals surface area contributed by atoms with Gasteiger partial charge in [-0.2, -0.15) is 0 Å². The minimum Gasteiger partial charge on any atom is -0.393 e. The van der Waals surface area contributed by atoms with Gasteiger partial charge in [0.15, 0.2) is 0 Å². The molecule has 1 aliphatic heterocycles. The molecule has 1 rings (SSSR count). The van der Waals surface area contributed by atoms with Crippen LogP contribution in [0.4, 0.5) is 0 Å². The van der Waals surface area contributed by atoms with Crippen LogP contribution in [0.25, 0.3) is 0 Å². The van der Waals surface area contributed by atoms with Crippen LogP contribution in [-0.4, -0.2) is 35.7 Å². The van der Waals surface area contributed by atoms with Crippen molar-refractivity contribution in [3.05, 3.63) is 11.6 Å². The van der Waals surface area contributed by atoms with Gasteiger partial charge in [0, 0.05) is 13.1 Å². The summed E-state index contributed by atoms with van der Waals surface area (Å²) in [5.74, 6) is 0. The van der Waals surface area contributed by atoms with Gasteiger partial charge in [0.1, 0.15) is 0 Å². The molecule has 1 unspecified atom stereocenters. The molecule has 0 saturated heterocycles. The van der Waals surface area contributed by atoms with Gasteiger partial charge in [-0.15, -0.1) is 0 Å². The third kappa shape index (κ3) is 2.95. The summed E-state index contributed by atoms with van der Waals surface area (Å²) in [7, 11) is 0. The van der Waals surface area contributed by atoms with E-state index < -0.39 is 0 Å². The summed E-state index contributed by atoms with van der Waals surface area (Å²) in [5, 5.41) is 9.17. The van der Waals surface area contributed by atoms with E-state index in [1.165, 1.54) is 5.57 Å². The van der Waals surface area contributed by atoms with Crippen LogP contribution in [0.3, 0.4) is 0 Å². The summed E-state index contributed by atoms with van der Waals surface area (Å²) in [4.78, 5) is 2.41. The second kappa shape index (κ2) is 4.63. The smallest absolute Gasteiger partial charge is 0.0549 e. The van der Waals surface area contributed by atoms with Crippen LogP contribution in [0.2, 0.25) is 0 Å². The van der Waals surface area contributed by atoms with Gasteiger partial charge < -0.3 is 5.11 Å². The quantitative estimate of drug-likeness (QED) is 0.646. The van der Waals surface area contributed by atoms with Crippen molar-refractivity contribution in [3.8, 4) is 0 Å². The van der Waals surface area contributed by atoms with E-state index in [0.717, 1.165) is 32.5 Å². The standard InChI is InChI=1S/C10H19NO/c1-3-11-6-4-10(5-7-11)8-9(2)12/h4,9,12H,3,5-8H2,1-2H3. The fraction of sp³-hybridized carbons (Fsp3) is 0.800. The molecule has 0 fully saturated rings. The number of rotatable bonds is 3. The predicted molar refractivity (Wildman–Crippen MR) is 51.1 cm³/mol. The molecular formula is C10H19NO. The van der Waals surface area contributed by atoms with Crippen molar-refractivity contribution in [1.29, 1.82) is 0 Å². The number of nitrogens with zero attached hydrogens (tertiary/aromatic N) is 1. The third-order valence-corrected chi connectivity index (χ3v) is 2.39. The molecule has 1 aliphatic rings. The second-order valence-electron chi connectivity index (χ2n) is 3.56. The van der Waals surface area contributed by atoms with Crippen LogP contribution < -0.4 is 0 Å². The Morgan fingerprint density at radius 3 is 2.83 bits per heavy atom. The van der Waals surface area contributed by atoms with Gasteiger partial charge in [0.25, 0.3) is 0 Å². The molecule has 0 saturated carbocycles. The van der Waals surface area contributed by atoms with Crippen LogP contribution in [0.15, 0.2) is 11.6 Å². The van der Waals surface area contributed by atoms with Gasteiger partial charge in [-0.25, -0.2) is 0 Å². The highest BCUT2D eigenvalue weighted by Crippen LogP contribution is 2.15. The lowest BCUT2D eigenvalue weighted by atomic mass is 10.0. The summed E-state index contributed by atoms with van der Waals surface area (Å²) in [6.45, 7) is 7.41. The van der Waals surface area contributed by atoms with Crippen LogP contribution in [-0.2, 0) is 0 Å². The summed E-state index contributed by atoms with van der Waals surface area (Å²) in [6.07, 6.45) is 4.08. The third-order valence-electron chi connectivity index (χ3n) is 2.39. The van der Waals surface area contributed by atoms with Crippen LogP contribution in [0, 0.1) is 0 Å². The van der Waals surface area contributed by atoms with E-state index >= 15 is 0 Å². The summed E-state index contributed by atoms with van der Waals surface area (Å²) >= 11 is 0.